The van der Waals surface area contributed by atoms with Gasteiger partial charge in [0.15, 0.2) is 0 Å². The van der Waals surface area contributed by atoms with Crippen LogP contribution in [-0.4, -0.2) is 28.8 Å². The fourth-order valence-corrected chi connectivity index (χ4v) is 2.46. The second kappa shape index (κ2) is 4.22. The van der Waals surface area contributed by atoms with Crippen LogP contribution in [0.15, 0.2) is 18.3 Å². The minimum atomic E-state index is -1.06. The van der Waals surface area contributed by atoms with Crippen LogP contribution in [-0.2, 0) is 5.60 Å². The van der Waals surface area contributed by atoms with E-state index in [1.54, 1.807) is 32.2 Å². The summed E-state index contributed by atoms with van der Waals surface area (Å²) < 4.78 is 9.90. The minimum Gasteiger partial charge on any atom is -0.384 e. The monoisotopic (exact) mass is 295 g/mol. The van der Waals surface area contributed by atoms with Crippen molar-refractivity contribution in [1.29, 1.82) is 0 Å². The molecular weight excluding hydrogens is 286 g/mol. The fourth-order valence-electron chi connectivity index (χ4n) is 1.68. The molecule has 0 amide bonds. The van der Waals surface area contributed by atoms with Crippen LogP contribution in [0, 0.1) is 0 Å². The van der Waals surface area contributed by atoms with E-state index >= 15 is 0 Å². The van der Waals surface area contributed by atoms with Gasteiger partial charge in [-0.2, -0.15) is 8.75 Å². The Balaban J connectivity index is 2.21. The molecule has 0 aliphatic carbocycles. The lowest BCUT2D eigenvalue weighted by Gasteiger charge is -2.11. The van der Waals surface area contributed by atoms with Crippen molar-refractivity contribution in [2.24, 2.45) is 0 Å². The topological polar surface area (TPSA) is 76.7 Å². The van der Waals surface area contributed by atoms with E-state index in [4.69, 9.17) is 11.6 Å². The maximum absolute atomic E-state index is 9.92. The number of halogens is 1. The van der Waals surface area contributed by atoms with E-state index < -0.39 is 5.60 Å². The maximum Gasteiger partial charge on any atom is 0.132 e. The second-order valence-electron chi connectivity index (χ2n) is 4.64. The van der Waals surface area contributed by atoms with Crippen molar-refractivity contribution in [2.45, 2.75) is 19.4 Å². The molecular formula is C11H10ClN5OS. The third-order valence-electron chi connectivity index (χ3n) is 2.70. The lowest BCUT2D eigenvalue weighted by atomic mass is 10.1. The molecule has 1 N–H and O–H groups in total. The average molecular weight is 296 g/mol. The highest BCUT2D eigenvalue weighted by Gasteiger charge is 2.22. The first-order chi connectivity index (χ1) is 8.97. The highest BCUT2D eigenvalue weighted by molar-refractivity contribution is 7.00. The molecule has 3 rings (SSSR count). The summed E-state index contributed by atoms with van der Waals surface area (Å²) in [5.74, 6) is 0. The van der Waals surface area contributed by atoms with E-state index in [0.717, 1.165) is 17.2 Å². The first-order valence-electron chi connectivity index (χ1n) is 5.53. The Morgan fingerprint density at radius 3 is 2.79 bits per heavy atom. The van der Waals surface area contributed by atoms with Crippen LogP contribution in [0.25, 0.3) is 16.7 Å². The predicted molar refractivity (Wildman–Crippen MR) is 72.6 cm³/mol. The van der Waals surface area contributed by atoms with Gasteiger partial charge in [0.1, 0.15) is 28.0 Å². The van der Waals surface area contributed by atoms with E-state index in [0.29, 0.717) is 21.9 Å². The third-order valence-corrected chi connectivity index (χ3v) is 3.55. The predicted octanol–water partition coefficient (Wildman–Crippen LogP) is 2.15. The van der Waals surface area contributed by atoms with Crippen molar-refractivity contribution in [3.8, 4) is 5.69 Å². The summed E-state index contributed by atoms with van der Waals surface area (Å²) >= 11 is 7.32. The van der Waals surface area contributed by atoms with Gasteiger partial charge in [0.25, 0.3) is 0 Å². The van der Waals surface area contributed by atoms with E-state index in [-0.39, 0.29) is 0 Å². The summed E-state index contributed by atoms with van der Waals surface area (Å²) in [6, 6.07) is 3.55. The number of hydrogen-bond donors (Lipinski definition) is 1. The highest BCUT2D eigenvalue weighted by atomic mass is 35.5. The molecule has 3 aromatic rings. The molecule has 0 aliphatic rings. The van der Waals surface area contributed by atoms with E-state index in [1.807, 2.05) is 0 Å². The fraction of sp³-hybridized carbons (Fsp3) is 0.273. The van der Waals surface area contributed by atoms with Gasteiger partial charge in [0.2, 0.25) is 0 Å². The molecule has 0 saturated carbocycles. The normalized spacial score (nSPS) is 12.2. The SMILES string of the molecule is CC(C)(O)c1cn(-c2c(Cl)ccc3nsnc23)nn1. The Kier molecular flexibility index (Phi) is 2.77. The largest absolute Gasteiger partial charge is 0.384 e. The Bertz CT molecular complexity index is 745. The molecule has 6 nitrogen and oxygen atoms in total. The van der Waals surface area contributed by atoms with Crippen molar-refractivity contribution < 1.29 is 5.11 Å². The smallest absolute Gasteiger partial charge is 0.132 e. The Hall–Kier alpha value is -1.57. The number of hydrogen-bond acceptors (Lipinski definition) is 6. The molecule has 0 saturated heterocycles. The summed E-state index contributed by atoms with van der Waals surface area (Å²) in [4.78, 5) is 0. The van der Waals surface area contributed by atoms with Crippen LogP contribution in [0.3, 0.4) is 0 Å². The molecule has 98 valence electrons. The summed E-state index contributed by atoms with van der Waals surface area (Å²) in [5, 5.41) is 18.4. The summed E-state index contributed by atoms with van der Waals surface area (Å²) in [7, 11) is 0. The zero-order valence-corrected chi connectivity index (χ0v) is 11.8. The van der Waals surface area contributed by atoms with Crippen molar-refractivity contribution in [3.05, 3.63) is 29.0 Å². The first-order valence-corrected chi connectivity index (χ1v) is 6.64. The zero-order valence-electron chi connectivity index (χ0n) is 10.2. The number of fused-ring (bicyclic) bond motifs is 1. The van der Waals surface area contributed by atoms with Crippen molar-refractivity contribution in [1.82, 2.24) is 23.7 Å². The van der Waals surface area contributed by atoms with Gasteiger partial charge < -0.3 is 5.11 Å². The minimum absolute atomic E-state index is 0.462. The molecule has 2 heterocycles. The average Bonchev–Trinajstić information content (AvgIpc) is 2.94. The molecule has 0 spiro atoms. The molecule has 0 atom stereocenters. The van der Waals surface area contributed by atoms with Gasteiger partial charge in [-0.1, -0.05) is 16.8 Å². The van der Waals surface area contributed by atoms with E-state index in [9.17, 15) is 5.11 Å². The van der Waals surface area contributed by atoms with Crippen LogP contribution >= 0.6 is 23.3 Å². The van der Waals surface area contributed by atoms with Crippen molar-refractivity contribution in [2.75, 3.05) is 0 Å². The first kappa shape index (κ1) is 12.5. The third kappa shape index (κ3) is 2.09. The van der Waals surface area contributed by atoms with Gasteiger partial charge in [-0.3, -0.25) is 0 Å². The molecule has 1 aromatic carbocycles. The van der Waals surface area contributed by atoms with Crippen LogP contribution in [0.1, 0.15) is 19.5 Å². The quantitative estimate of drug-likeness (QED) is 0.784. The molecule has 0 radical (unpaired) electrons. The summed E-state index contributed by atoms with van der Waals surface area (Å²) in [5.41, 5.74) is 1.45. The maximum atomic E-state index is 9.92. The van der Waals surface area contributed by atoms with Crippen LogP contribution in [0.5, 0.6) is 0 Å². The standard InChI is InChI=1S/C11H10ClN5OS/c1-11(2,18)8-5-17(16-13-8)10-6(12)3-4-7-9(10)15-19-14-7/h3-5,18H,1-2H3. The van der Waals surface area contributed by atoms with Gasteiger partial charge in [-0.05, 0) is 26.0 Å². The molecule has 19 heavy (non-hydrogen) atoms. The number of aromatic nitrogens is 5. The van der Waals surface area contributed by atoms with E-state index in [1.165, 1.54) is 4.68 Å². The highest BCUT2D eigenvalue weighted by Crippen LogP contribution is 2.28. The Morgan fingerprint density at radius 1 is 1.32 bits per heavy atom. The van der Waals surface area contributed by atoms with Gasteiger partial charge in [-0.25, -0.2) is 4.68 Å². The summed E-state index contributed by atoms with van der Waals surface area (Å²) in [6.07, 6.45) is 1.64. The van der Waals surface area contributed by atoms with Gasteiger partial charge in [0.05, 0.1) is 22.9 Å². The number of rotatable bonds is 2. The second-order valence-corrected chi connectivity index (χ2v) is 5.57. The molecule has 0 bridgehead atoms. The Labute approximate surface area is 118 Å². The van der Waals surface area contributed by atoms with Crippen LogP contribution < -0.4 is 0 Å². The number of benzene rings is 1. The molecule has 2 aromatic heterocycles. The molecule has 8 heteroatoms. The Morgan fingerprint density at radius 2 is 2.11 bits per heavy atom. The van der Waals surface area contributed by atoms with Crippen molar-refractivity contribution in [3.63, 3.8) is 0 Å². The van der Waals surface area contributed by atoms with Gasteiger partial charge in [-0.15, -0.1) is 5.10 Å². The lowest BCUT2D eigenvalue weighted by molar-refractivity contribution is 0.0737. The van der Waals surface area contributed by atoms with Crippen LogP contribution in [0.2, 0.25) is 5.02 Å². The number of nitrogens with zero attached hydrogens (tertiary/aromatic N) is 5. The van der Waals surface area contributed by atoms with Gasteiger partial charge >= 0.3 is 0 Å². The van der Waals surface area contributed by atoms with Gasteiger partial charge in [0, 0.05) is 0 Å². The zero-order chi connectivity index (χ0) is 13.6. The lowest BCUT2D eigenvalue weighted by Crippen LogP contribution is -2.15. The van der Waals surface area contributed by atoms with Crippen molar-refractivity contribution >= 4 is 34.4 Å². The van der Waals surface area contributed by atoms with E-state index in [2.05, 4.69) is 19.1 Å². The number of aliphatic hydroxyl groups is 1. The molecule has 0 aliphatic heterocycles. The van der Waals surface area contributed by atoms with Crippen LogP contribution in [0.4, 0.5) is 0 Å². The summed E-state index contributed by atoms with van der Waals surface area (Å²) in [6.45, 7) is 3.29. The molecule has 0 fully saturated rings. The molecule has 0 unspecified atom stereocenters.